The molecule has 1 spiro atoms. The number of hydrogen-bond donors (Lipinski definition) is 1. The van der Waals surface area contributed by atoms with Gasteiger partial charge in [-0.3, -0.25) is 14.9 Å². The summed E-state index contributed by atoms with van der Waals surface area (Å²) in [6.07, 6.45) is 9.03. The third kappa shape index (κ3) is 3.35. The number of nitrogens with zero attached hydrogens (tertiary/aromatic N) is 3. The van der Waals surface area contributed by atoms with Crippen LogP contribution < -0.4 is 0 Å². The molecule has 0 unspecified atom stereocenters. The van der Waals surface area contributed by atoms with Gasteiger partial charge >= 0.3 is 0 Å². The quantitative estimate of drug-likeness (QED) is 0.855. The molecule has 130 valence electrons. The molecular formula is C19H22N4O2. The summed E-state index contributed by atoms with van der Waals surface area (Å²) in [5, 5.41) is 7.10. The molecule has 0 aliphatic carbocycles. The van der Waals surface area contributed by atoms with Crippen LogP contribution in [0.4, 0.5) is 0 Å². The van der Waals surface area contributed by atoms with Gasteiger partial charge in [0.05, 0.1) is 18.9 Å². The van der Waals surface area contributed by atoms with Gasteiger partial charge in [-0.25, -0.2) is 0 Å². The zero-order valence-electron chi connectivity index (χ0n) is 14.1. The van der Waals surface area contributed by atoms with E-state index in [-0.39, 0.29) is 11.3 Å². The molecule has 0 radical (unpaired) electrons. The van der Waals surface area contributed by atoms with Crippen molar-refractivity contribution in [2.24, 2.45) is 5.41 Å². The lowest BCUT2D eigenvalue weighted by atomic mass is 9.76. The Hall–Kier alpha value is -2.47. The number of H-pyrrole nitrogens is 1. The standard InChI is InChI=1S/C19H22N4O2/c24-18(17-13-16(21-22-17)15-5-1-3-9-20-15)23-10-7-19(8-11-23)6-2-4-12-25-14-19/h1-5,9,13H,6-8,10-12,14H2,(H,21,22). The Bertz CT molecular complexity index is 761. The molecule has 1 fully saturated rings. The second-order valence-electron chi connectivity index (χ2n) is 6.86. The number of aromatic amines is 1. The van der Waals surface area contributed by atoms with Crippen molar-refractivity contribution in [1.82, 2.24) is 20.1 Å². The van der Waals surface area contributed by atoms with Crippen molar-refractivity contribution in [1.29, 1.82) is 0 Å². The number of allylic oxidation sites excluding steroid dienone is 1. The Morgan fingerprint density at radius 3 is 2.88 bits per heavy atom. The van der Waals surface area contributed by atoms with E-state index in [1.54, 1.807) is 12.3 Å². The summed E-state index contributed by atoms with van der Waals surface area (Å²) < 4.78 is 5.71. The molecule has 0 bridgehead atoms. The maximum Gasteiger partial charge on any atom is 0.271 e. The van der Waals surface area contributed by atoms with Gasteiger partial charge in [-0.05, 0) is 37.5 Å². The van der Waals surface area contributed by atoms with Gasteiger partial charge in [0, 0.05) is 24.7 Å². The second-order valence-corrected chi connectivity index (χ2v) is 6.86. The van der Waals surface area contributed by atoms with Gasteiger partial charge in [0.25, 0.3) is 5.91 Å². The van der Waals surface area contributed by atoms with E-state index < -0.39 is 0 Å². The third-order valence-corrected chi connectivity index (χ3v) is 5.19. The van der Waals surface area contributed by atoms with Crippen LogP contribution in [0.25, 0.3) is 11.4 Å². The molecule has 1 amide bonds. The molecule has 0 aromatic carbocycles. The summed E-state index contributed by atoms with van der Waals surface area (Å²) in [4.78, 5) is 19.0. The predicted molar refractivity (Wildman–Crippen MR) is 94.0 cm³/mol. The van der Waals surface area contributed by atoms with Crippen LogP contribution in [-0.4, -0.2) is 52.3 Å². The molecule has 1 saturated heterocycles. The van der Waals surface area contributed by atoms with E-state index in [0.717, 1.165) is 44.7 Å². The lowest BCUT2D eigenvalue weighted by molar-refractivity contribution is 0.0161. The number of amides is 1. The van der Waals surface area contributed by atoms with Crippen molar-refractivity contribution in [3.8, 4) is 11.4 Å². The number of ether oxygens (including phenoxy) is 1. The van der Waals surface area contributed by atoms with Gasteiger partial charge in [-0.2, -0.15) is 5.10 Å². The van der Waals surface area contributed by atoms with E-state index in [1.807, 2.05) is 23.1 Å². The first-order valence-electron chi connectivity index (χ1n) is 8.75. The maximum atomic E-state index is 12.8. The number of aromatic nitrogens is 3. The molecule has 4 rings (SSSR count). The third-order valence-electron chi connectivity index (χ3n) is 5.19. The minimum absolute atomic E-state index is 0.00890. The molecule has 6 heteroatoms. The molecule has 0 saturated carbocycles. The van der Waals surface area contributed by atoms with Gasteiger partial charge in [0.1, 0.15) is 11.4 Å². The number of piperidine rings is 1. The van der Waals surface area contributed by atoms with Crippen molar-refractivity contribution in [3.63, 3.8) is 0 Å². The molecule has 1 N–H and O–H groups in total. The average molecular weight is 338 g/mol. The van der Waals surface area contributed by atoms with Gasteiger partial charge in [-0.1, -0.05) is 18.2 Å². The molecule has 2 aliphatic rings. The topological polar surface area (TPSA) is 71.1 Å². The van der Waals surface area contributed by atoms with Crippen LogP contribution in [0.1, 0.15) is 29.8 Å². The van der Waals surface area contributed by atoms with Crippen molar-refractivity contribution in [2.75, 3.05) is 26.3 Å². The molecular weight excluding hydrogens is 316 g/mol. The van der Waals surface area contributed by atoms with Gasteiger partial charge in [-0.15, -0.1) is 0 Å². The van der Waals surface area contributed by atoms with Crippen LogP contribution in [0, 0.1) is 5.41 Å². The largest absolute Gasteiger partial charge is 0.377 e. The summed E-state index contributed by atoms with van der Waals surface area (Å²) in [5.41, 5.74) is 2.17. The van der Waals surface area contributed by atoms with Crippen LogP contribution in [-0.2, 0) is 4.74 Å². The Balaban J connectivity index is 1.42. The lowest BCUT2D eigenvalue weighted by Crippen LogP contribution is -2.44. The smallest absolute Gasteiger partial charge is 0.271 e. The van der Waals surface area contributed by atoms with Crippen molar-refractivity contribution >= 4 is 5.91 Å². The highest BCUT2D eigenvalue weighted by atomic mass is 16.5. The summed E-state index contributed by atoms with van der Waals surface area (Å²) in [7, 11) is 0. The minimum Gasteiger partial charge on any atom is -0.377 e. The molecule has 2 aromatic heterocycles. The highest BCUT2D eigenvalue weighted by Gasteiger charge is 2.36. The van der Waals surface area contributed by atoms with E-state index in [4.69, 9.17) is 4.74 Å². The normalized spacial score (nSPS) is 19.8. The van der Waals surface area contributed by atoms with Crippen LogP contribution in [0.5, 0.6) is 0 Å². The Labute approximate surface area is 146 Å². The van der Waals surface area contributed by atoms with Crippen molar-refractivity contribution in [3.05, 3.63) is 48.3 Å². The number of pyridine rings is 1. The SMILES string of the molecule is O=C(c1cc(-c2ccccn2)n[nH]1)N1CCC2(CC=CCOC2)CC1. The monoisotopic (exact) mass is 338 g/mol. The fourth-order valence-corrected chi connectivity index (χ4v) is 3.58. The molecule has 25 heavy (non-hydrogen) atoms. The van der Waals surface area contributed by atoms with E-state index in [2.05, 4.69) is 27.3 Å². The van der Waals surface area contributed by atoms with Crippen LogP contribution in [0.15, 0.2) is 42.6 Å². The summed E-state index contributed by atoms with van der Waals surface area (Å²) >= 11 is 0. The van der Waals surface area contributed by atoms with Crippen LogP contribution >= 0.6 is 0 Å². The second kappa shape index (κ2) is 6.80. The van der Waals surface area contributed by atoms with E-state index in [9.17, 15) is 4.79 Å². The van der Waals surface area contributed by atoms with Crippen molar-refractivity contribution < 1.29 is 9.53 Å². The number of nitrogens with one attached hydrogen (secondary N) is 1. The highest BCUT2D eigenvalue weighted by molar-refractivity contribution is 5.93. The molecule has 2 aromatic rings. The number of hydrogen-bond acceptors (Lipinski definition) is 4. The molecule has 0 atom stereocenters. The molecule has 6 nitrogen and oxygen atoms in total. The van der Waals surface area contributed by atoms with E-state index in [0.29, 0.717) is 18.0 Å². The average Bonchev–Trinajstić information content (AvgIpc) is 3.05. The van der Waals surface area contributed by atoms with E-state index in [1.165, 1.54) is 0 Å². The maximum absolute atomic E-state index is 12.8. The predicted octanol–water partition coefficient (Wildman–Crippen LogP) is 2.67. The zero-order valence-corrected chi connectivity index (χ0v) is 14.1. The first kappa shape index (κ1) is 16.0. The summed E-state index contributed by atoms with van der Waals surface area (Å²) in [6.45, 7) is 3.01. The Kier molecular flexibility index (Phi) is 4.36. The highest BCUT2D eigenvalue weighted by Crippen LogP contribution is 2.37. The van der Waals surface area contributed by atoms with Gasteiger partial charge in [0.15, 0.2) is 0 Å². The van der Waals surface area contributed by atoms with Gasteiger partial charge in [0.2, 0.25) is 0 Å². The Morgan fingerprint density at radius 2 is 2.08 bits per heavy atom. The zero-order chi connectivity index (χ0) is 17.1. The number of carbonyl (C=O) groups is 1. The minimum atomic E-state index is 0.00890. The summed E-state index contributed by atoms with van der Waals surface area (Å²) in [5.74, 6) is 0.00890. The number of likely N-dealkylation sites (tertiary alicyclic amines) is 1. The lowest BCUT2D eigenvalue weighted by Gasteiger charge is -2.40. The number of rotatable bonds is 2. The first-order chi connectivity index (χ1) is 12.3. The van der Waals surface area contributed by atoms with Crippen LogP contribution in [0.2, 0.25) is 0 Å². The fraction of sp³-hybridized carbons (Fsp3) is 0.421. The fourth-order valence-electron chi connectivity index (χ4n) is 3.58. The van der Waals surface area contributed by atoms with Crippen LogP contribution in [0.3, 0.4) is 0 Å². The Morgan fingerprint density at radius 1 is 1.20 bits per heavy atom. The van der Waals surface area contributed by atoms with Crippen molar-refractivity contribution in [2.45, 2.75) is 19.3 Å². The van der Waals surface area contributed by atoms with E-state index >= 15 is 0 Å². The number of carbonyl (C=O) groups excluding carboxylic acids is 1. The van der Waals surface area contributed by atoms with Gasteiger partial charge < -0.3 is 9.64 Å². The first-order valence-corrected chi connectivity index (χ1v) is 8.75. The molecule has 4 heterocycles. The summed E-state index contributed by atoms with van der Waals surface area (Å²) in [6, 6.07) is 7.44. The molecule has 2 aliphatic heterocycles.